The minimum atomic E-state index is -1.29. The first-order chi connectivity index (χ1) is 15.8. The monoisotopic (exact) mass is 460 g/mol. The number of nitrogens with two attached hydrogens (primary N) is 1. The average Bonchev–Trinajstić information content (AvgIpc) is 3.35. The molecule has 1 aliphatic heterocycles. The van der Waals surface area contributed by atoms with E-state index in [-0.39, 0.29) is 24.8 Å². The Hall–Kier alpha value is -2.72. The van der Waals surface area contributed by atoms with Gasteiger partial charge in [0, 0.05) is 12.8 Å². The van der Waals surface area contributed by atoms with E-state index in [2.05, 4.69) is 10.1 Å². The molecule has 3 heterocycles. The van der Waals surface area contributed by atoms with Crippen LogP contribution in [0.25, 0.3) is 5.52 Å². The molecule has 2 fully saturated rings. The summed E-state index contributed by atoms with van der Waals surface area (Å²) in [7, 11) is 0. The van der Waals surface area contributed by atoms with Crippen LogP contribution in [-0.2, 0) is 29.4 Å². The van der Waals surface area contributed by atoms with Gasteiger partial charge in [-0.05, 0) is 37.8 Å². The number of aliphatic hydroxyl groups is 1. The molecular formula is C23H32N4O6. The number of fused-ring (bicyclic) bond motifs is 1. The summed E-state index contributed by atoms with van der Waals surface area (Å²) >= 11 is 0. The van der Waals surface area contributed by atoms with Crippen LogP contribution in [0.5, 0.6) is 0 Å². The molecule has 10 heteroatoms. The van der Waals surface area contributed by atoms with Gasteiger partial charge in [-0.1, -0.05) is 26.2 Å². The van der Waals surface area contributed by atoms with Gasteiger partial charge in [0.15, 0.2) is 11.9 Å². The van der Waals surface area contributed by atoms with Gasteiger partial charge < -0.3 is 25.1 Å². The number of anilines is 1. The fraction of sp³-hybridized carbons (Fsp3) is 0.652. The molecule has 0 bridgehead atoms. The van der Waals surface area contributed by atoms with Gasteiger partial charge in [-0.15, -0.1) is 0 Å². The van der Waals surface area contributed by atoms with E-state index in [0.29, 0.717) is 23.5 Å². The molecule has 10 nitrogen and oxygen atoms in total. The maximum absolute atomic E-state index is 12.5. The number of esters is 2. The lowest BCUT2D eigenvalue weighted by atomic mass is 9.87. The van der Waals surface area contributed by atoms with Gasteiger partial charge in [0.05, 0.1) is 5.69 Å². The Labute approximate surface area is 192 Å². The molecule has 0 unspecified atom stereocenters. The van der Waals surface area contributed by atoms with Gasteiger partial charge in [0.1, 0.15) is 36.3 Å². The Morgan fingerprint density at radius 1 is 1.27 bits per heavy atom. The summed E-state index contributed by atoms with van der Waals surface area (Å²) in [6, 6.07) is 3.47. The minimum Gasteiger partial charge on any atom is -0.463 e. The highest BCUT2D eigenvalue weighted by molar-refractivity contribution is 5.70. The highest BCUT2D eigenvalue weighted by atomic mass is 16.6. The molecule has 3 N–H and O–H groups in total. The van der Waals surface area contributed by atoms with E-state index in [0.717, 1.165) is 25.7 Å². The van der Waals surface area contributed by atoms with Crippen molar-refractivity contribution < 1.29 is 28.9 Å². The predicted octanol–water partition coefficient (Wildman–Crippen LogP) is 2.12. The second-order valence-corrected chi connectivity index (χ2v) is 9.07. The maximum atomic E-state index is 12.5. The van der Waals surface area contributed by atoms with Crippen molar-refractivity contribution in [3.05, 3.63) is 24.2 Å². The zero-order valence-electron chi connectivity index (χ0n) is 19.1. The van der Waals surface area contributed by atoms with Crippen molar-refractivity contribution in [1.82, 2.24) is 14.6 Å². The molecule has 0 aromatic carbocycles. The molecule has 1 saturated heterocycles. The number of aromatic nitrogens is 3. The number of carbonyl (C=O) groups excluding carboxylic acids is 2. The topological polar surface area (TPSA) is 138 Å². The number of rotatable bonds is 7. The van der Waals surface area contributed by atoms with Crippen LogP contribution < -0.4 is 5.73 Å². The third-order valence-electron chi connectivity index (χ3n) is 6.77. The molecule has 33 heavy (non-hydrogen) atoms. The summed E-state index contributed by atoms with van der Waals surface area (Å²) in [5, 5.41) is 15.5. The molecule has 1 saturated carbocycles. The fourth-order valence-electron chi connectivity index (χ4n) is 4.87. The molecule has 4 atom stereocenters. The Morgan fingerprint density at radius 2 is 2.03 bits per heavy atom. The van der Waals surface area contributed by atoms with Crippen molar-refractivity contribution in [2.75, 3.05) is 12.3 Å². The van der Waals surface area contributed by atoms with Gasteiger partial charge in [-0.2, -0.15) is 5.10 Å². The van der Waals surface area contributed by atoms with Crippen molar-refractivity contribution >= 4 is 23.3 Å². The molecular weight excluding hydrogens is 428 g/mol. The largest absolute Gasteiger partial charge is 0.463 e. The number of nitrogens with zero attached hydrogens (tertiary/aromatic N) is 3. The molecule has 2 aromatic rings. The normalized spacial score (nSPS) is 28.2. The lowest BCUT2D eigenvalue weighted by Crippen LogP contribution is -2.42. The van der Waals surface area contributed by atoms with Crippen LogP contribution in [0.1, 0.15) is 64.5 Å². The van der Waals surface area contributed by atoms with E-state index in [1.54, 1.807) is 30.5 Å². The van der Waals surface area contributed by atoms with Crippen LogP contribution in [0, 0.1) is 5.92 Å². The van der Waals surface area contributed by atoms with Gasteiger partial charge in [0.25, 0.3) is 0 Å². The van der Waals surface area contributed by atoms with E-state index >= 15 is 0 Å². The zero-order valence-corrected chi connectivity index (χ0v) is 19.1. The van der Waals surface area contributed by atoms with Crippen molar-refractivity contribution in [2.45, 2.75) is 82.7 Å². The number of hydrogen-bond donors (Lipinski definition) is 2. The lowest BCUT2D eigenvalue weighted by Gasteiger charge is -2.27. The summed E-state index contributed by atoms with van der Waals surface area (Å²) < 4.78 is 18.8. The number of aliphatic hydroxyl groups excluding tert-OH is 1. The quantitative estimate of drug-likeness (QED) is 0.595. The first-order valence-electron chi connectivity index (χ1n) is 11.6. The molecule has 0 amide bonds. The van der Waals surface area contributed by atoms with E-state index in [1.165, 1.54) is 12.7 Å². The predicted molar refractivity (Wildman–Crippen MR) is 118 cm³/mol. The summed E-state index contributed by atoms with van der Waals surface area (Å²) in [5.74, 6) is -0.146. The maximum Gasteiger partial charge on any atom is 0.306 e. The number of nitrogen functional groups attached to an aromatic ring is 1. The van der Waals surface area contributed by atoms with Gasteiger partial charge in [-0.3, -0.25) is 9.59 Å². The van der Waals surface area contributed by atoms with E-state index in [9.17, 15) is 14.7 Å². The average molecular weight is 461 g/mol. The van der Waals surface area contributed by atoms with Crippen molar-refractivity contribution in [3.63, 3.8) is 0 Å². The second kappa shape index (κ2) is 9.64. The molecule has 2 aliphatic rings. The molecule has 2 aromatic heterocycles. The highest BCUT2D eigenvalue weighted by Crippen LogP contribution is 2.42. The third kappa shape index (κ3) is 4.67. The Morgan fingerprint density at radius 3 is 2.76 bits per heavy atom. The first-order valence-corrected chi connectivity index (χ1v) is 11.6. The lowest BCUT2D eigenvalue weighted by molar-refractivity contribution is -0.160. The minimum absolute atomic E-state index is 0.125. The Kier molecular flexibility index (Phi) is 6.85. The highest BCUT2D eigenvalue weighted by Gasteiger charge is 2.56. The van der Waals surface area contributed by atoms with Crippen molar-refractivity contribution in [1.29, 1.82) is 0 Å². The third-order valence-corrected chi connectivity index (χ3v) is 6.77. The van der Waals surface area contributed by atoms with E-state index < -0.39 is 29.9 Å². The number of carbonyl (C=O) groups is 2. The molecule has 1 aliphatic carbocycles. The van der Waals surface area contributed by atoms with Crippen molar-refractivity contribution in [2.24, 2.45) is 5.92 Å². The smallest absolute Gasteiger partial charge is 0.306 e. The standard InChI is InChI=1S/C23H32N4O6/c1-3-18(28)32-20-16(12-31-19(29)11-14-7-5-4-6-8-14)33-23(2,21(20)30)17-10-9-15-22(24)25-13-26-27(15)17/h9-10,13-14,16,20-21,30H,3-8,11-12H2,1-2H3,(H2,24,25,26)/t16-,20-,21-,23+/m1/s1. The number of hydrogen-bond acceptors (Lipinski definition) is 9. The Bertz CT molecular complexity index is 1000. The molecule has 180 valence electrons. The van der Waals surface area contributed by atoms with E-state index in [1.807, 2.05) is 0 Å². The second-order valence-electron chi connectivity index (χ2n) is 9.07. The fourth-order valence-corrected chi connectivity index (χ4v) is 4.87. The summed E-state index contributed by atoms with van der Waals surface area (Å²) in [5.41, 5.74) is 5.74. The van der Waals surface area contributed by atoms with Crippen molar-refractivity contribution in [3.8, 4) is 0 Å². The molecule has 4 rings (SSSR count). The van der Waals surface area contributed by atoms with Gasteiger partial charge >= 0.3 is 11.9 Å². The van der Waals surface area contributed by atoms with Crippen LogP contribution in [-0.4, -0.2) is 56.6 Å². The summed E-state index contributed by atoms with van der Waals surface area (Å²) in [6.07, 6.45) is 4.34. The summed E-state index contributed by atoms with van der Waals surface area (Å²) in [4.78, 5) is 28.5. The zero-order chi connectivity index (χ0) is 23.6. The van der Waals surface area contributed by atoms with Crippen LogP contribution in [0.2, 0.25) is 0 Å². The number of ether oxygens (including phenoxy) is 3. The van der Waals surface area contributed by atoms with Gasteiger partial charge in [-0.25, -0.2) is 9.50 Å². The van der Waals surface area contributed by atoms with Crippen LogP contribution in [0.3, 0.4) is 0 Å². The van der Waals surface area contributed by atoms with Gasteiger partial charge in [0.2, 0.25) is 0 Å². The first kappa shape index (κ1) is 23.4. The molecule has 0 radical (unpaired) electrons. The molecule has 0 spiro atoms. The van der Waals surface area contributed by atoms with Crippen LogP contribution in [0.15, 0.2) is 18.5 Å². The van der Waals surface area contributed by atoms with E-state index in [4.69, 9.17) is 19.9 Å². The summed E-state index contributed by atoms with van der Waals surface area (Å²) in [6.45, 7) is 3.23. The van der Waals surface area contributed by atoms with Crippen LogP contribution >= 0.6 is 0 Å². The Balaban J connectivity index is 1.53. The SMILES string of the molecule is CCC(=O)O[C@H]1[C@@H](O)[C@](C)(c2ccc3c(N)ncnn23)O[C@@H]1COC(=O)CC1CCCCC1. The van der Waals surface area contributed by atoms with Crippen LogP contribution in [0.4, 0.5) is 5.82 Å².